The van der Waals surface area contributed by atoms with E-state index in [4.69, 9.17) is 5.11 Å². The van der Waals surface area contributed by atoms with Crippen LogP contribution < -0.4 is 5.32 Å². The molecule has 0 aliphatic carbocycles. The van der Waals surface area contributed by atoms with Crippen molar-refractivity contribution in [2.24, 2.45) is 0 Å². The molecule has 0 spiro atoms. The summed E-state index contributed by atoms with van der Waals surface area (Å²) >= 11 is 1.38. The Kier molecular flexibility index (Phi) is 4.28. The van der Waals surface area contributed by atoms with Crippen LogP contribution in [0, 0.1) is 0 Å². The van der Waals surface area contributed by atoms with Gasteiger partial charge in [0.15, 0.2) is 5.69 Å². The molecule has 14 heavy (non-hydrogen) atoms. The zero-order valence-corrected chi connectivity index (χ0v) is 8.51. The van der Waals surface area contributed by atoms with E-state index in [1.807, 2.05) is 0 Å². The minimum Gasteiger partial charge on any atom is -0.476 e. The molecular weight excluding hydrogens is 200 g/mol. The third-order valence-electron chi connectivity index (χ3n) is 1.58. The van der Waals surface area contributed by atoms with Crippen molar-refractivity contribution in [3.8, 4) is 0 Å². The normalized spacial score (nSPS) is 10.0. The summed E-state index contributed by atoms with van der Waals surface area (Å²) in [5.41, 5.74) is 0.133. The Balaban J connectivity index is 2.36. The van der Waals surface area contributed by atoms with E-state index >= 15 is 0 Å². The second-order valence-electron chi connectivity index (χ2n) is 2.67. The van der Waals surface area contributed by atoms with E-state index in [2.05, 4.69) is 16.9 Å². The number of nitrogens with zero attached hydrogens (tertiary/aromatic N) is 1. The van der Waals surface area contributed by atoms with E-state index in [0.717, 1.165) is 24.5 Å². The van der Waals surface area contributed by atoms with Crippen molar-refractivity contribution >= 4 is 17.3 Å². The quantitative estimate of drug-likeness (QED) is 0.548. The lowest BCUT2D eigenvalue weighted by atomic mass is 10.4. The number of hydrogen-bond acceptors (Lipinski definition) is 4. The van der Waals surface area contributed by atoms with Crippen LogP contribution in [0.1, 0.15) is 15.5 Å². The average molecular weight is 212 g/mol. The fourth-order valence-electron chi connectivity index (χ4n) is 0.923. The molecule has 0 atom stereocenters. The Labute approximate surface area is 86.3 Å². The molecule has 0 saturated carbocycles. The molecule has 0 bridgehead atoms. The standard InChI is InChI=1S/C9H12N2O2S/c1-2-4-10-5-3-8-11-7(6-14-8)9(12)13/h2,6,10H,1,3-5H2,(H,12,13). The summed E-state index contributed by atoms with van der Waals surface area (Å²) in [6.45, 7) is 5.13. The summed E-state index contributed by atoms with van der Waals surface area (Å²) in [7, 11) is 0. The van der Waals surface area contributed by atoms with Crippen LogP contribution >= 0.6 is 11.3 Å². The number of nitrogens with one attached hydrogen (secondary N) is 1. The Bertz CT molecular complexity index is 322. The van der Waals surface area contributed by atoms with E-state index < -0.39 is 5.97 Å². The first-order chi connectivity index (χ1) is 6.74. The van der Waals surface area contributed by atoms with Crippen molar-refractivity contribution in [2.45, 2.75) is 6.42 Å². The summed E-state index contributed by atoms with van der Waals surface area (Å²) in [6, 6.07) is 0. The SMILES string of the molecule is C=CCNCCc1nc(C(=O)O)cs1. The van der Waals surface area contributed by atoms with Crippen LogP contribution in [0.5, 0.6) is 0 Å². The van der Waals surface area contributed by atoms with Gasteiger partial charge in [0.25, 0.3) is 0 Å². The highest BCUT2D eigenvalue weighted by molar-refractivity contribution is 7.09. The second-order valence-corrected chi connectivity index (χ2v) is 3.62. The monoisotopic (exact) mass is 212 g/mol. The topological polar surface area (TPSA) is 62.2 Å². The van der Waals surface area contributed by atoms with Gasteiger partial charge < -0.3 is 10.4 Å². The molecule has 0 aliphatic rings. The molecule has 0 radical (unpaired) electrons. The van der Waals surface area contributed by atoms with Gasteiger partial charge in [-0.1, -0.05) is 6.08 Å². The number of carboxylic acids is 1. The molecule has 5 heteroatoms. The molecule has 76 valence electrons. The maximum atomic E-state index is 10.5. The first-order valence-corrected chi connectivity index (χ1v) is 5.11. The van der Waals surface area contributed by atoms with Crippen LogP contribution in [0.3, 0.4) is 0 Å². The van der Waals surface area contributed by atoms with Gasteiger partial charge in [-0.2, -0.15) is 0 Å². The van der Waals surface area contributed by atoms with Crippen molar-refractivity contribution < 1.29 is 9.90 Å². The van der Waals surface area contributed by atoms with Crippen LogP contribution in [0.4, 0.5) is 0 Å². The Morgan fingerprint density at radius 3 is 3.14 bits per heavy atom. The molecule has 0 saturated heterocycles. The van der Waals surface area contributed by atoms with Crippen molar-refractivity contribution in [1.82, 2.24) is 10.3 Å². The van der Waals surface area contributed by atoms with E-state index in [1.54, 1.807) is 11.5 Å². The van der Waals surface area contributed by atoms with Crippen LogP contribution in [0.25, 0.3) is 0 Å². The highest BCUT2D eigenvalue weighted by Gasteiger charge is 2.07. The number of hydrogen-bond donors (Lipinski definition) is 2. The van der Waals surface area contributed by atoms with E-state index in [9.17, 15) is 4.79 Å². The summed E-state index contributed by atoms with van der Waals surface area (Å²) < 4.78 is 0. The summed E-state index contributed by atoms with van der Waals surface area (Å²) in [6.07, 6.45) is 2.54. The Morgan fingerprint density at radius 1 is 1.79 bits per heavy atom. The smallest absolute Gasteiger partial charge is 0.355 e. The van der Waals surface area contributed by atoms with Gasteiger partial charge in [-0.3, -0.25) is 0 Å². The van der Waals surface area contributed by atoms with Gasteiger partial charge >= 0.3 is 5.97 Å². The molecule has 0 amide bonds. The second kappa shape index (κ2) is 5.51. The number of aromatic nitrogens is 1. The van der Waals surface area contributed by atoms with Crippen LogP contribution in [-0.2, 0) is 6.42 Å². The van der Waals surface area contributed by atoms with Crippen LogP contribution in [0.15, 0.2) is 18.0 Å². The van der Waals surface area contributed by atoms with Gasteiger partial charge in [-0.25, -0.2) is 9.78 Å². The van der Waals surface area contributed by atoms with Crippen molar-refractivity contribution in [1.29, 1.82) is 0 Å². The molecule has 0 fully saturated rings. The highest BCUT2D eigenvalue weighted by Crippen LogP contribution is 2.09. The molecular formula is C9H12N2O2S. The van der Waals surface area contributed by atoms with Gasteiger partial charge in [0.2, 0.25) is 0 Å². The fourth-order valence-corrected chi connectivity index (χ4v) is 1.70. The predicted molar refractivity (Wildman–Crippen MR) is 55.8 cm³/mol. The van der Waals surface area contributed by atoms with Gasteiger partial charge in [0.05, 0.1) is 5.01 Å². The van der Waals surface area contributed by atoms with Crippen molar-refractivity contribution in [2.75, 3.05) is 13.1 Å². The first kappa shape index (κ1) is 10.9. The van der Waals surface area contributed by atoms with Crippen LogP contribution in [0.2, 0.25) is 0 Å². The number of carbonyl (C=O) groups is 1. The number of rotatable bonds is 6. The number of thiazole rings is 1. The maximum absolute atomic E-state index is 10.5. The van der Waals surface area contributed by atoms with Gasteiger partial charge in [0, 0.05) is 24.9 Å². The number of aromatic carboxylic acids is 1. The largest absolute Gasteiger partial charge is 0.476 e. The molecule has 1 heterocycles. The predicted octanol–water partition coefficient (Wildman–Crippen LogP) is 1.16. The van der Waals surface area contributed by atoms with E-state index in [1.165, 1.54) is 11.3 Å². The molecule has 1 aromatic rings. The lowest BCUT2D eigenvalue weighted by Crippen LogP contribution is -2.16. The Morgan fingerprint density at radius 2 is 2.57 bits per heavy atom. The maximum Gasteiger partial charge on any atom is 0.355 e. The molecule has 1 rings (SSSR count). The molecule has 0 aromatic carbocycles. The van der Waals surface area contributed by atoms with Gasteiger partial charge in [0.1, 0.15) is 0 Å². The zero-order chi connectivity index (χ0) is 10.4. The van der Waals surface area contributed by atoms with Crippen molar-refractivity contribution in [3.63, 3.8) is 0 Å². The third-order valence-corrected chi connectivity index (χ3v) is 2.48. The highest BCUT2D eigenvalue weighted by atomic mass is 32.1. The lowest BCUT2D eigenvalue weighted by Gasteiger charge is -1.97. The zero-order valence-electron chi connectivity index (χ0n) is 7.69. The van der Waals surface area contributed by atoms with Gasteiger partial charge in [-0.05, 0) is 0 Å². The summed E-state index contributed by atoms with van der Waals surface area (Å²) in [5, 5.41) is 14.2. The molecule has 2 N–H and O–H groups in total. The molecule has 4 nitrogen and oxygen atoms in total. The average Bonchev–Trinajstić information content (AvgIpc) is 2.61. The summed E-state index contributed by atoms with van der Waals surface area (Å²) in [4.78, 5) is 14.5. The molecule has 1 aromatic heterocycles. The molecule has 0 aliphatic heterocycles. The minimum absolute atomic E-state index is 0.133. The van der Waals surface area contributed by atoms with E-state index in [0.29, 0.717) is 0 Å². The van der Waals surface area contributed by atoms with Crippen molar-refractivity contribution in [3.05, 3.63) is 28.7 Å². The number of carboxylic acid groups (broad SMARTS) is 1. The van der Waals surface area contributed by atoms with E-state index in [-0.39, 0.29) is 5.69 Å². The lowest BCUT2D eigenvalue weighted by molar-refractivity contribution is 0.0691. The first-order valence-electron chi connectivity index (χ1n) is 4.23. The van der Waals surface area contributed by atoms with Crippen LogP contribution in [-0.4, -0.2) is 29.1 Å². The Hall–Kier alpha value is -1.20. The summed E-state index contributed by atoms with van der Waals surface area (Å²) in [5.74, 6) is -0.966. The third kappa shape index (κ3) is 3.27. The fraction of sp³-hybridized carbons (Fsp3) is 0.333. The van der Waals surface area contributed by atoms with Gasteiger partial charge in [-0.15, -0.1) is 17.9 Å². The molecule has 0 unspecified atom stereocenters. The minimum atomic E-state index is -0.966.